The Bertz CT molecular complexity index is 206. The summed E-state index contributed by atoms with van der Waals surface area (Å²) >= 11 is 0. The summed E-state index contributed by atoms with van der Waals surface area (Å²) in [6.45, 7) is 3.17. The van der Waals surface area contributed by atoms with Crippen molar-refractivity contribution in [3.05, 3.63) is 0 Å². The summed E-state index contributed by atoms with van der Waals surface area (Å²) in [5.74, 6) is -2.10. The average molecular weight is 158 g/mol. The highest BCUT2D eigenvalue weighted by Gasteiger charge is 2.48. The molecule has 0 bridgehead atoms. The molecule has 0 amide bonds. The molecule has 0 radical (unpaired) electrons. The van der Waals surface area contributed by atoms with E-state index < -0.39 is 23.3 Å². The minimum Gasteiger partial charge on any atom is -0.481 e. The van der Waals surface area contributed by atoms with E-state index in [-0.39, 0.29) is 6.61 Å². The Labute approximate surface area is 64.2 Å². The molecule has 1 unspecified atom stereocenters. The number of carboxylic acid groups (broad SMARTS) is 1. The van der Waals surface area contributed by atoms with Crippen LogP contribution in [0.1, 0.15) is 13.8 Å². The highest BCUT2D eigenvalue weighted by molar-refractivity contribution is 5.86. The number of carbonyl (C=O) groups is 2. The van der Waals surface area contributed by atoms with Crippen LogP contribution in [-0.4, -0.2) is 23.7 Å². The third-order valence-corrected chi connectivity index (χ3v) is 2.08. The first kappa shape index (κ1) is 8.04. The quantitative estimate of drug-likeness (QED) is 0.556. The van der Waals surface area contributed by atoms with Gasteiger partial charge in [0.15, 0.2) is 0 Å². The molecule has 0 saturated carbocycles. The minimum atomic E-state index is -0.971. The molecule has 0 spiro atoms. The summed E-state index contributed by atoms with van der Waals surface area (Å²) in [5.41, 5.74) is -0.869. The van der Waals surface area contributed by atoms with E-state index in [4.69, 9.17) is 5.11 Å². The van der Waals surface area contributed by atoms with Crippen LogP contribution in [0.4, 0.5) is 0 Å². The molecule has 0 aromatic rings. The predicted molar refractivity (Wildman–Crippen MR) is 35.9 cm³/mol. The molecular weight excluding hydrogens is 148 g/mol. The van der Waals surface area contributed by atoms with Crippen molar-refractivity contribution in [2.24, 2.45) is 11.3 Å². The Kier molecular flexibility index (Phi) is 1.62. The number of ether oxygens (including phenoxy) is 1. The van der Waals surface area contributed by atoms with Gasteiger partial charge in [-0.3, -0.25) is 9.59 Å². The number of hydrogen-bond donors (Lipinski definition) is 1. The Morgan fingerprint density at radius 2 is 2.27 bits per heavy atom. The lowest BCUT2D eigenvalue weighted by atomic mass is 9.81. The zero-order valence-corrected chi connectivity index (χ0v) is 6.46. The van der Waals surface area contributed by atoms with Gasteiger partial charge in [-0.05, 0) is 13.8 Å². The molecule has 62 valence electrons. The summed E-state index contributed by atoms with van der Waals surface area (Å²) in [5, 5.41) is 8.63. The maximum absolute atomic E-state index is 10.9. The molecule has 1 heterocycles. The monoisotopic (exact) mass is 158 g/mol. The number of hydrogen-bond acceptors (Lipinski definition) is 3. The summed E-state index contributed by atoms with van der Waals surface area (Å²) in [6.07, 6.45) is 0. The average Bonchev–Trinajstić information content (AvgIpc) is 2.08. The molecule has 1 aliphatic heterocycles. The lowest BCUT2D eigenvalue weighted by Crippen LogP contribution is -2.31. The second-order valence-corrected chi connectivity index (χ2v) is 3.21. The van der Waals surface area contributed by atoms with Gasteiger partial charge in [0.05, 0.1) is 5.41 Å². The van der Waals surface area contributed by atoms with E-state index in [1.807, 2.05) is 0 Å². The maximum atomic E-state index is 10.9. The highest BCUT2D eigenvalue weighted by Crippen LogP contribution is 2.34. The Hall–Kier alpha value is -1.06. The van der Waals surface area contributed by atoms with Crippen LogP contribution in [0.3, 0.4) is 0 Å². The van der Waals surface area contributed by atoms with E-state index >= 15 is 0 Å². The van der Waals surface area contributed by atoms with Crippen LogP contribution in [0.25, 0.3) is 0 Å². The van der Waals surface area contributed by atoms with Gasteiger partial charge in [0, 0.05) is 0 Å². The van der Waals surface area contributed by atoms with Crippen molar-refractivity contribution in [3.63, 3.8) is 0 Å². The van der Waals surface area contributed by atoms with E-state index in [9.17, 15) is 9.59 Å². The van der Waals surface area contributed by atoms with Gasteiger partial charge in [-0.1, -0.05) is 0 Å². The third-order valence-electron chi connectivity index (χ3n) is 2.08. The standard InChI is InChI=1S/C7H10O4/c1-7(2)4(5(8)9)3-11-6(7)10/h4H,3H2,1-2H3,(H,8,9). The first-order valence-electron chi connectivity index (χ1n) is 3.36. The fourth-order valence-corrected chi connectivity index (χ4v) is 1.08. The smallest absolute Gasteiger partial charge is 0.312 e. The van der Waals surface area contributed by atoms with E-state index in [1.165, 1.54) is 0 Å². The van der Waals surface area contributed by atoms with Crippen molar-refractivity contribution in [1.82, 2.24) is 0 Å². The number of carbonyl (C=O) groups excluding carboxylic acids is 1. The lowest BCUT2D eigenvalue weighted by Gasteiger charge is -2.16. The van der Waals surface area contributed by atoms with E-state index in [1.54, 1.807) is 13.8 Å². The Morgan fingerprint density at radius 3 is 2.45 bits per heavy atom. The fraction of sp³-hybridized carbons (Fsp3) is 0.714. The molecule has 1 fully saturated rings. The largest absolute Gasteiger partial charge is 0.481 e. The number of esters is 1. The molecule has 0 aliphatic carbocycles. The van der Waals surface area contributed by atoms with Crippen LogP contribution >= 0.6 is 0 Å². The van der Waals surface area contributed by atoms with Crippen LogP contribution in [0.15, 0.2) is 0 Å². The van der Waals surface area contributed by atoms with Crippen molar-refractivity contribution >= 4 is 11.9 Å². The normalized spacial score (nSPS) is 28.2. The number of aliphatic carboxylic acids is 1. The Balaban J connectivity index is 2.87. The zero-order valence-electron chi connectivity index (χ0n) is 6.46. The van der Waals surface area contributed by atoms with Crippen molar-refractivity contribution in [1.29, 1.82) is 0 Å². The molecule has 11 heavy (non-hydrogen) atoms. The molecule has 1 N–H and O–H groups in total. The van der Waals surface area contributed by atoms with Gasteiger partial charge in [0.1, 0.15) is 12.5 Å². The van der Waals surface area contributed by atoms with Crippen LogP contribution < -0.4 is 0 Å². The molecule has 1 atom stereocenters. The van der Waals surface area contributed by atoms with Gasteiger partial charge < -0.3 is 9.84 Å². The van der Waals surface area contributed by atoms with Gasteiger partial charge >= 0.3 is 11.9 Å². The number of rotatable bonds is 1. The number of carboxylic acids is 1. The van der Waals surface area contributed by atoms with Crippen molar-refractivity contribution in [3.8, 4) is 0 Å². The van der Waals surface area contributed by atoms with Crippen LogP contribution in [0.5, 0.6) is 0 Å². The molecule has 1 rings (SSSR count). The minimum absolute atomic E-state index is 0.00116. The molecule has 0 aromatic carbocycles. The second kappa shape index (κ2) is 2.22. The molecule has 4 nitrogen and oxygen atoms in total. The summed E-state index contributed by atoms with van der Waals surface area (Å²) in [4.78, 5) is 21.5. The van der Waals surface area contributed by atoms with E-state index in [0.717, 1.165) is 0 Å². The summed E-state index contributed by atoms with van der Waals surface area (Å²) < 4.78 is 4.62. The maximum Gasteiger partial charge on any atom is 0.312 e. The van der Waals surface area contributed by atoms with Gasteiger partial charge in [-0.15, -0.1) is 0 Å². The van der Waals surface area contributed by atoms with Crippen molar-refractivity contribution in [2.45, 2.75) is 13.8 Å². The van der Waals surface area contributed by atoms with Crippen molar-refractivity contribution < 1.29 is 19.4 Å². The lowest BCUT2D eigenvalue weighted by molar-refractivity contribution is -0.149. The fourth-order valence-electron chi connectivity index (χ4n) is 1.08. The summed E-state index contributed by atoms with van der Waals surface area (Å²) in [6, 6.07) is 0. The topological polar surface area (TPSA) is 63.6 Å². The highest BCUT2D eigenvalue weighted by atomic mass is 16.5. The van der Waals surface area contributed by atoms with Gasteiger partial charge in [-0.25, -0.2) is 0 Å². The Morgan fingerprint density at radius 1 is 1.73 bits per heavy atom. The first-order valence-corrected chi connectivity index (χ1v) is 3.36. The number of cyclic esters (lactones) is 1. The van der Waals surface area contributed by atoms with Gasteiger partial charge in [0.2, 0.25) is 0 Å². The molecular formula is C7H10O4. The first-order chi connectivity index (χ1) is 4.96. The third kappa shape index (κ3) is 1.08. The molecule has 0 aromatic heterocycles. The van der Waals surface area contributed by atoms with Crippen molar-refractivity contribution in [2.75, 3.05) is 6.61 Å². The van der Waals surface area contributed by atoms with E-state index in [0.29, 0.717) is 0 Å². The SMILES string of the molecule is CC1(C)C(=O)OCC1C(=O)O. The van der Waals surface area contributed by atoms with Gasteiger partial charge in [-0.2, -0.15) is 0 Å². The van der Waals surface area contributed by atoms with Gasteiger partial charge in [0.25, 0.3) is 0 Å². The molecule has 1 aliphatic rings. The van der Waals surface area contributed by atoms with Crippen LogP contribution in [0, 0.1) is 11.3 Å². The van der Waals surface area contributed by atoms with E-state index in [2.05, 4.69) is 4.74 Å². The molecule has 1 saturated heterocycles. The summed E-state index contributed by atoms with van der Waals surface area (Å²) in [7, 11) is 0. The molecule has 4 heteroatoms. The van der Waals surface area contributed by atoms with Crippen LogP contribution in [0.2, 0.25) is 0 Å². The van der Waals surface area contributed by atoms with Crippen LogP contribution in [-0.2, 0) is 14.3 Å². The second-order valence-electron chi connectivity index (χ2n) is 3.21. The zero-order chi connectivity index (χ0) is 8.65. The predicted octanol–water partition coefficient (Wildman–Crippen LogP) is 0.270.